The maximum atomic E-state index is 13.4. The number of hydrogen-bond acceptors (Lipinski definition) is 5. The summed E-state index contributed by atoms with van der Waals surface area (Å²) in [5.41, 5.74) is 2.21. The van der Waals surface area contributed by atoms with Crippen LogP contribution in [0.15, 0.2) is 48.5 Å². The van der Waals surface area contributed by atoms with E-state index >= 15 is 0 Å². The number of amides is 2. The minimum Gasteiger partial charge on any atom is -0.337 e. The molecule has 0 radical (unpaired) electrons. The van der Waals surface area contributed by atoms with Gasteiger partial charge in [0.2, 0.25) is 5.91 Å². The Morgan fingerprint density at radius 3 is 2.89 bits per heavy atom. The molecule has 0 aliphatic carbocycles. The third-order valence-electron chi connectivity index (χ3n) is 4.48. The maximum absolute atomic E-state index is 13.4. The molecule has 28 heavy (non-hydrogen) atoms. The fourth-order valence-electron chi connectivity index (χ4n) is 3.04. The lowest BCUT2D eigenvalue weighted by Crippen LogP contribution is -2.43. The number of carbonyl (C=O) groups excluding carboxylic acids is 2. The average Bonchev–Trinajstić information content (AvgIpc) is 3.09. The Bertz CT molecular complexity index is 1020. The number of carbonyl (C=O) groups is 2. The molecule has 1 aliphatic heterocycles. The van der Waals surface area contributed by atoms with Crippen LogP contribution in [0.2, 0.25) is 0 Å². The molecule has 2 aromatic carbocycles. The zero-order chi connectivity index (χ0) is 19.5. The van der Waals surface area contributed by atoms with E-state index in [0.29, 0.717) is 25.1 Å². The number of hydrogen-bond donors (Lipinski definition) is 2. The van der Waals surface area contributed by atoms with Crippen LogP contribution in [0.5, 0.6) is 0 Å². The van der Waals surface area contributed by atoms with E-state index in [2.05, 4.69) is 26.0 Å². The van der Waals surface area contributed by atoms with E-state index in [0.717, 1.165) is 11.1 Å². The SMILES string of the molecule is O=C(NC1CCc2ccc(F)cc2NC1=O)c1nnn(Cc2ccccc2)n1. The smallest absolute Gasteiger partial charge is 0.293 e. The molecule has 8 nitrogen and oxygen atoms in total. The van der Waals surface area contributed by atoms with Gasteiger partial charge in [-0.1, -0.05) is 36.4 Å². The monoisotopic (exact) mass is 380 g/mol. The van der Waals surface area contributed by atoms with Crippen LogP contribution in [-0.2, 0) is 17.8 Å². The van der Waals surface area contributed by atoms with Crippen LogP contribution in [0.25, 0.3) is 0 Å². The number of benzene rings is 2. The van der Waals surface area contributed by atoms with Crippen molar-refractivity contribution in [1.29, 1.82) is 0 Å². The van der Waals surface area contributed by atoms with Crippen LogP contribution < -0.4 is 10.6 Å². The number of aryl methyl sites for hydroxylation is 1. The number of fused-ring (bicyclic) bond motifs is 1. The molecular formula is C19H17FN6O2. The van der Waals surface area contributed by atoms with E-state index in [1.54, 1.807) is 6.07 Å². The first kappa shape index (κ1) is 17.8. The molecule has 0 saturated heterocycles. The molecule has 3 aromatic rings. The van der Waals surface area contributed by atoms with Gasteiger partial charge in [0.1, 0.15) is 11.9 Å². The van der Waals surface area contributed by atoms with Gasteiger partial charge < -0.3 is 10.6 Å². The van der Waals surface area contributed by atoms with E-state index in [1.807, 2.05) is 30.3 Å². The molecule has 1 aliphatic rings. The van der Waals surface area contributed by atoms with Crippen LogP contribution >= 0.6 is 0 Å². The van der Waals surface area contributed by atoms with E-state index in [4.69, 9.17) is 0 Å². The van der Waals surface area contributed by atoms with Crippen molar-refractivity contribution in [2.45, 2.75) is 25.4 Å². The molecule has 142 valence electrons. The highest BCUT2D eigenvalue weighted by Crippen LogP contribution is 2.23. The van der Waals surface area contributed by atoms with E-state index in [-0.39, 0.29) is 5.82 Å². The molecule has 1 aromatic heterocycles. The number of halogens is 1. The topological polar surface area (TPSA) is 102 Å². The normalized spacial score (nSPS) is 16.0. The van der Waals surface area contributed by atoms with Crippen LogP contribution in [-0.4, -0.2) is 38.1 Å². The molecule has 9 heteroatoms. The van der Waals surface area contributed by atoms with Crippen molar-refractivity contribution < 1.29 is 14.0 Å². The lowest BCUT2D eigenvalue weighted by molar-refractivity contribution is -0.118. The molecular weight excluding hydrogens is 363 g/mol. The number of anilines is 1. The Kier molecular flexibility index (Phi) is 4.79. The summed E-state index contributed by atoms with van der Waals surface area (Å²) in [6, 6.07) is 13.0. The second-order valence-corrected chi connectivity index (χ2v) is 6.48. The number of nitrogens with zero attached hydrogens (tertiary/aromatic N) is 4. The van der Waals surface area contributed by atoms with E-state index < -0.39 is 23.7 Å². The van der Waals surface area contributed by atoms with Crippen LogP contribution in [0.4, 0.5) is 10.1 Å². The highest BCUT2D eigenvalue weighted by molar-refractivity contribution is 6.00. The minimum atomic E-state index is -0.774. The summed E-state index contributed by atoms with van der Waals surface area (Å²) in [5, 5.41) is 17.0. The number of nitrogens with one attached hydrogen (secondary N) is 2. The zero-order valence-electron chi connectivity index (χ0n) is 14.8. The molecule has 1 unspecified atom stereocenters. The molecule has 2 heterocycles. The fourth-order valence-corrected chi connectivity index (χ4v) is 3.04. The molecule has 0 bridgehead atoms. The maximum Gasteiger partial charge on any atom is 0.293 e. The van der Waals surface area contributed by atoms with Crippen molar-refractivity contribution in [3.05, 3.63) is 71.3 Å². The number of rotatable bonds is 4. The largest absolute Gasteiger partial charge is 0.337 e. The summed E-state index contributed by atoms with van der Waals surface area (Å²) in [5.74, 6) is -1.54. The van der Waals surface area contributed by atoms with Crippen LogP contribution in [0.3, 0.4) is 0 Å². The van der Waals surface area contributed by atoms with Crippen molar-refractivity contribution >= 4 is 17.5 Å². The van der Waals surface area contributed by atoms with Crippen molar-refractivity contribution in [1.82, 2.24) is 25.5 Å². The lowest BCUT2D eigenvalue weighted by atomic mass is 10.1. The van der Waals surface area contributed by atoms with Gasteiger partial charge in [-0.05, 0) is 41.3 Å². The van der Waals surface area contributed by atoms with Gasteiger partial charge in [0.25, 0.3) is 11.7 Å². The fraction of sp³-hybridized carbons (Fsp3) is 0.211. The van der Waals surface area contributed by atoms with Gasteiger partial charge >= 0.3 is 0 Å². The first-order chi connectivity index (χ1) is 13.6. The Hall–Kier alpha value is -3.62. The van der Waals surface area contributed by atoms with E-state index in [9.17, 15) is 14.0 Å². The predicted molar refractivity (Wildman–Crippen MR) is 98.0 cm³/mol. The third-order valence-corrected chi connectivity index (χ3v) is 4.48. The van der Waals surface area contributed by atoms with Crippen LogP contribution in [0.1, 0.15) is 28.2 Å². The Labute approximate surface area is 159 Å². The van der Waals surface area contributed by atoms with Crippen molar-refractivity contribution in [3.63, 3.8) is 0 Å². The summed E-state index contributed by atoms with van der Waals surface area (Å²) in [4.78, 5) is 26.1. The molecule has 0 spiro atoms. The van der Waals surface area contributed by atoms with Crippen molar-refractivity contribution in [2.24, 2.45) is 0 Å². The molecule has 0 fully saturated rings. The quantitative estimate of drug-likeness (QED) is 0.715. The Balaban J connectivity index is 1.42. The number of tetrazole rings is 1. The second-order valence-electron chi connectivity index (χ2n) is 6.48. The zero-order valence-corrected chi connectivity index (χ0v) is 14.8. The highest BCUT2D eigenvalue weighted by atomic mass is 19.1. The van der Waals surface area contributed by atoms with Crippen molar-refractivity contribution in [2.75, 3.05) is 5.32 Å². The lowest BCUT2D eigenvalue weighted by Gasteiger charge is -2.13. The molecule has 1 atom stereocenters. The molecule has 2 amide bonds. The van der Waals surface area contributed by atoms with Crippen molar-refractivity contribution in [3.8, 4) is 0 Å². The molecule has 0 saturated carbocycles. The summed E-state index contributed by atoms with van der Waals surface area (Å²) in [7, 11) is 0. The summed E-state index contributed by atoms with van der Waals surface area (Å²) >= 11 is 0. The van der Waals surface area contributed by atoms with Gasteiger partial charge in [-0.25, -0.2) is 4.39 Å². The van der Waals surface area contributed by atoms with Gasteiger partial charge in [0.15, 0.2) is 0 Å². The Morgan fingerprint density at radius 1 is 1.25 bits per heavy atom. The summed E-state index contributed by atoms with van der Waals surface area (Å²) in [6.45, 7) is 0.381. The van der Waals surface area contributed by atoms with Gasteiger partial charge in [0.05, 0.1) is 6.54 Å². The van der Waals surface area contributed by atoms with Gasteiger partial charge in [-0.2, -0.15) is 4.80 Å². The molecule has 2 N–H and O–H groups in total. The van der Waals surface area contributed by atoms with Gasteiger partial charge in [-0.15, -0.1) is 10.2 Å². The minimum absolute atomic E-state index is 0.114. The first-order valence-electron chi connectivity index (χ1n) is 8.80. The Morgan fingerprint density at radius 2 is 2.07 bits per heavy atom. The van der Waals surface area contributed by atoms with Gasteiger partial charge in [0, 0.05) is 5.69 Å². The number of aromatic nitrogens is 4. The highest BCUT2D eigenvalue weighted by Gasteiger charge is 2.27. The third kappa shape index (κ3) is 3.88. The predicted octanol–water partition coefficient (Wildman–Crippen LogP) is 1.54. The first-order valence-corrected chi connectivity index (χ1v) is 8.80. The molecule has 4 rings (SSSR count). The summed E-state index contributed by atoms with van der Waals surface area (Å²) < 4.78 is 13.4. The second kappa shape index (κ2) is 7.55. The van der Waals surface area contributed by atoms with Gasteiger partial charge in [-0.3, -0.25) is 9.59 Å². The summed E-state index contributed by atoms with van der Waals surface area (Å²) in [6.07, 6.45) is 0.905. The van der Waals surface area contributed by atoms with Crippen LogP contribution in [0, 0.1) is 5.82 Å². The average molecular weight is 380 g/mol. The van der Waals surface area contributed by atoms with E-state index in [1.165, 1.54) is 16.9 Å². The standard InChI is InChI=1S/C19H17FN6O2/c20-14-8-6-13-7-9-15(18(27)22-16(13)10-14)21-19(28)17-23-25-26(24-17)11-12-4-2-1-3-5-12/h1-6,8,10,15H,7,9,11H2,(H,21,28)(H,22,27).